The van der Waals surface area contributed by atoms with Gasteiger partial charge in [-0.3, -0.25) is 14.4 Å². The van der Waals surface area contributed by atoms with E-state index in [0.29, 0.717) is 18.5 Å². The summed E-state index contributed by atoms with van der Waals surface area (Å²) in [6.07, 6.45) is 0.372. The molecule has 0 bridgehead atoms. The van der Waals surface area contributed by atoms with Crippen molar-refractivity contribution >= 4 is 28.6 Å². The highest BCUT2D eigenvalue weighted by molar-refractivity contribution is 6.04. The van der Waals surface area contributed by atoms with Crippen LogP contribution in [0, 0.1) is 12.8 Å². The lowest BCUT2D eigenvalue weighted by Crippen LogP contribution is -2.57. The first kappa shape index (κ1) is 24.9. The van der Waals surface area contributed by atoms with Gasteiger partial charge in [0, 0.05) is 35.1 Å². The average molecular weight is 521 g/mol. The number of H-pyrrole nitrogens is 1. The number of aromatic nitrogens is 1. The molecule has 7 nitrogen and oxygen atoms in total. The molecule has 0 aliphatic carbocycles. The number of amides is 3. The van der Waals surface area contributed by atoms with Gasteiger partial charge in [-0.2, -0.15) is 0 Å². The van der Waals surface area contributed by atoms with E-state index in [1.807, 2.05) is 93.6 Å². The zero-order valence-corrected chi connectivity index (χ0v) is 22.3. The molecule has 2 aliphatic rings. The van der Waals surface area contributed by atoms with Gasteiger partial charge in [0.25, 0.3) is 5.91 Å². The maximum atomic E-state index is 13.9. The number of para-hydroxylation sites is 1. The van der Waals surface area contributed by atoms with Crippen molar-refractivity contribution in [2.45, 2.75) is 51.9 Å². The Morgan fingerprint density at radius 1 is 1.00 bits per heavy atom. The number of hydrogen-bond donors (Lipinski definition) is 3. The fourth-order valence-corrected chi connectivity index (χ4v) is 5.93. The van der Waals surface area contributed by atoms with Crippen molar-refractivity contribution in [3.63, 3.8) is 0 Å². The molecule has 0 fully saturated rings. The molecule has 39 heavy (non-hydrogen) atoms. The molecule has 3 unspecified atom stereocenters. The quantitative estimate of drug-likeness (QED) is 0.352. The molecule has 2 aliphatic heterocycles. The van der Waals surface area contributed by atoms with Crippen molar-refractivity contribution in [2.24, 2.45) is 5.92 Å². The highest BCUT2D eigenvalue weighted by Gasteiger charge is 2.49. The van der Waals surface area contributed by atoms with Gasteiger partial charge in [0.2, 0.25) is 11.8 Å². The summed E-state index contributed by atoms with van der Waals surface area (Å²) < 4.78 is 0. The predicted molar refractivity (Wildman–Crippen MR) is 150 cm³/mol. The van der Waals surface area contributed by atoms with Crippen molar-refractivity contribution < 1.29 is 14.4 Å². The molecule has 198 valence electrons. The molecule has 1 aromatic heterocycles. The van der Waals surface area contributed by atoms with Crippen molar-refractivity contribution in [3.8, 4) is 0 Å². The average Bonchev–Trinajstić information content (AvgIpc) is 3.46. The minimum atomic E-state index is -0.743. The standard InChI is InChI=1S/C32H32N4O3/c1-18(2)27(31(38)33-17-20-14-12-19(3)13-15-20)35-30(37)26-16-24-21-8-6-7-11-25(21)34-28(24)29-22-9-4-5-10-23(22)32(39)36(26)29/h4-15,18,26-27,29,34H,16-17H2,1-3H3,(H,33,38)(H,35,37). The third-order valence-corrected chi connectivity index (χ3v) is 7.99. The van der Waals surface area contributed by atoms with Crippen LogP contribution >= 0.6 is 0 Å². The SMILES string of the molecule is Cc1ccc(CNC(=O)C(NC(=O)C2Cc3c([nH]c4ccccc34)C3c4ccccc4C(=O)N23)C(C)C)cc1. The Morgan fingerprint density at radius 3 is 2.49 bits per heavy atom. The van der Waals surface area contributed by atoms with Crippen molar-refractivity contribution in [2.75, 3.05) is 0 Å². The maximum Gasteiger partial charge on any atom is 0.255 e. The Bertz CT molecular complexity index is 1590. The van der Waals surface area contributed by atoms with Crippen LogP contribution in [0.25, 0.3) is 10.9 Å². The Balaban J connectivity index is 1.30. The van der Waals surface area contributed by atoms with Gasteiger partial charge in [0.1, 0.15) is 12.1 Å². The van der Waals surface area contributed by atoms with E-state index in [4.69, 9.17) is 0 Å². The van der Waals surface area contributed by atoms with Gasteiger partial charge in [-0.1, -0.05) is 80.1 Å². The van der Waals surface area contributed by atoms with Crippen LogP contribution in [0.3, 0.4) is 0 Å². The third kappa shape index (κ3) is 4.28. The van der Waals surface area contributed by atoms with Crippen LogP contribution in [0.2, 0.25) is 0 Å². The summed E-state index contributed by atoms with van der Waals surface area (Å²) in [4.78, 5) is 46.1. The van der Waals surface area contributed by atoms with Gasteiger partial charge >= 0.3 is 0 Å². The van der Waals surface area contributed by atoms with E-state index in [0.717, 1.165) is 38.9 Å². The Hall–Kier alpha value is -4.39. The van der Waals surface area contributed by atoms with Gasteiger partial charge in [-0.05, 0) is 41.7 Å². The van der Waals surface area contributed by atoms with Gasteiger partial charge < -0.3 is 20.5 Å². The van der Waals surface area contributed by atoms with E-state index in [2.05, 4.69) is 15.6 Å². The molecule has 6 rings (SSSR count). The summed E-state index contributed by atoms with van der Waals surface area (Å²) >= 11 is 0. The third-order valence-electron chi connectivity index (χ3n) is 7.99. The smallest absolute Gasteiger partial charge is 0.255 e. The lowest BCUT2D eigenvalue weighted by molar-refractivity contribution is -0.133. The molecule has 4 aromatic rings. The number of aryl methyl sites for hydroxylation is 1. The van der Waals surface area contributed by atoms with E-state index in [1.54, 1.807) is 4.90 Å². The van der Waals surface area contributed by atoms with Crippen LogP contribution in [-0.2, 0) is 22.6 Å². The molecular formula is C32H32N4O3. The Morgan fingerprint density at radius 2 is 1.72 bits per heavy atom. The zero-order valence-electron chi connectivity index (χ0n) is 22.3. The molecule has 3 N–H and O–H groups in total. The van der Waals surface area contributed by atoms with Crippen molar-refractivity contribution in [1.29, 1.82) is 0 Å². The van der Waals surface area contributed by atoms with E-state index in [1.165, 1.54) is 0 Å². The lowest BCUT2D eigenvalue weighted by Gasteiger charge is -2.38. The van der Waals surface area contributed by atoms with Crippen molar-refractivity contribution in [3.05, 3.63) is 106 Å². The van der Waals surface area contributed by atoms with Gasteiger partial charge in [0.05, 0.1) is 6.04 Å². The number of aromatic amines is 1. The summed E-state index contributed by atoms with van der Waals surface area (Å²) in [5.41, 5.74) is 6.63. The first-order chi connectivity index (χ1) is 18.8. The van der Waals surface area contributed by atoms with Crippen LogP contribution in [0.5, 0.6) is 0 Å². The lowest BCUT2D eigenvalue weighted by atomic mass is 9.89. The van der Waals surface area contributed by atoms with Crippen LogP contribution in [-0.4, -0.2) is 39.7 Å². The van der Waals surface area contributed by atoms with E-state index in [-0.39, 0.29) is 29.7 Å². The van der Waals surface area contributed by atoms with Crippen LogP contribution in [0.4, 0.5) is 0 Å². The number of carbonyl (C=O) groups excluding carboxylic acids is 3. The first-order valence-corrected chi connectivity index (χ1v) is 13.5. The number of nitrogens with one attached hydrogen (secondary N) is 3. The normalized spacial score (nSPS) is 18.5. The molecule has 3 heterocycles. The van der Waals surface area contributed by atoms with Crippen LogP contribution in [0.15, 0.2) is 72.8 Å². The number of rotatable bonds is 6. The number of nitrogens with zero attached hydrogens (tertiary/aromatic N) is 1. The molecule has 0 radical (unpaired) electrons. The number of benzene rings is 3. The molecule has 0 spiro atoms. The summed E-state index contributed by atoms with van der Waals surface area (Å²) in [7, 11) is 0. The number of fused-ring (bicyclic) bond motifs is 7. The van der Waals surface area contributed by atoms with Crippen LogP contribution in [0.1, 0.15) is 58.2 Å². The largest absolute Gasteiger partial charge is 0.356 e. The minimum Gasteiger partial charge on any atom is -0.356 e. The molecule has 3 amide bonds. The molecule has 0 saturated heterocycles. The second-order valence-electron chi connectivity index (χ2n) is 10.9. The molecule has 3 aromatic carbocycles. The summed E-state index contributed by atoms with van der Waals surface area (Å²) in [5.74, 6) is -0.858. The molecular weight excluding hydrogens is 488 g/mol. The molecule has 7 heteroatoms. The highest BCUT2D eigenvalue weighted by Crippen LogP contribution is 2.46. The topological polar surface area (TPSA) is 94.3 Å². The maximum absolute atomic E-state index is 13.9. The second kappa shape index (κ2) is 9.73. The predicted octanol–water partition coefficient (Wildman–Crippen LogP) is 4.40. The van der Waals surface area contributed by atoms with E-state index in [9.17, 15) is 14.4 Å². The van der Waals surface area contributed by atoms with Crippen LogP contribution < -0.4 is 10.6 Å². The minimum absolute atomic E-state index is 0.138. The number of carbonyl (C=O) groups is 3. The van der Waals surface area contributed by atoms with E-state index < -0.39 is 12.1 Å². The molecule has 3 atom stereocenters. The Labute approximate surface area is 227 Å². The monoisotopic (exact) mass is 520 g/mol. The first-order valence-electron chi connectivity index (χ1n) is 13.5. The van der Waals surface area contributed by atoms with E-state index >= 15 is 0 Å². The number of hydrogen-bond acceptors (Lipinski definition) is 3. The van der Waals surface area contributed by atoms with Crippen molar-refractivity contribution in [1.82, 2.24) is 20.5 Å². The highest BCUT2D eigenvalue weighted by atomic mass is 16.2. The second-order valence-corrected chi connectivity index (χ2v) is 10.9. The zero-order chi connectivity index (χ0) is 27.3. The summed E-state index contributed by atoms with van der Waals surface area (Å²) in [5, 5.41) is 7.03. The fourth-order valence-electron chi connectivity index (χ4n) is 5.93. The van der Waals surface area contributed by atoms with Gasteiger partial charge in [-0.25, -0.2) is 0 Å². The summed E-state index contributed by atoms with van der Waals surface area (Å²) in [6, 6.07) is 21.7. The molecule has 0 saturated carbocycles. The van der Waals surface area contributed by atoms with Gasteiger partial charge in [-0.15, -0.1) is 0 Å². The summed E-state index contributed by atoms with van der Waals surface area (Å²) in [6.45, 7) is 6.22. The fraction of sp³-hybridized carbons (Fsp3) is 0.281. The Kier molecular flexibility index (Phi) is 6.22. The van der Waals surface area contributed by atoms with Gasteiger partial charge in [0.15, 0.2) is 0 Å².